The van der Waals surface area contributed by atoms with Crippen LogP contribution in [0.15, 0.2) is 0 Å². The second kappa shape index (κ2) is 2.89. The van der Waals surface area contributed by atoms with Crippen molar-refractivity contribution in [1.29, 1.82) is 0 Å². The Morgan fingerprint density at radius 1 is 1.30 bits per heavy atom. The molecule has 0 unspecified atom stereocenters. The Balaban J connectivity index is 2.56. The van der Waals surface area contributed by atoms with Crippen LogP contribution in [0.3, 0.4) is 0 Å². The van der Waals surface area contributed by atoms with Crippen LogP contribution in [0.1, 0.15) is 32.1 Å². The minimum atomic E-state index is -1.19. The lowest BCUT2D eigenvalue weighted by Crippen LogP contribution is -2.37. The molecule has 1 N–H and O–H groups in total. The van der Waals surface area contributed by atoms with Gasteiger partial charge in [-0.3, -0.25) is 4.79 Å². The Bertz CT molecular complexity index is 139. The zero-order chi connectivity index (χ0) is 7.61. The Hall–Kier alpha value is -0.0800. The molecule has 1 fully saturated rings. The van der Waals surface area contributed by atoms with Crippen molar-refractivity contribution in [3.63, 3.8) is 0 Å². The van der Waals surface area contributed by atoms with Crippen molar-refractivity contribution in [2.75, 3.05) is 0 Å². The summed E-state index contributed by atoms with van der Waals surface area (Å²) in [4.78, 5) is 10.6. The van der Waals surface area contributed by atoms with E-state index >= 15 is 0 Å². The van der Waals surface area contributed by atoms with Crippen molar-refractivity contribution in [3.8, 4) is 0 Å². The van der Waals surface area contributed by atoms with Gasteiger partial charge >= 0.3 is 0 Å². The number of aliphatic hydroxyl groups is 1. The van der Waals surface area contributed by atoms with Gasteiger partial charge in [-0.05, 0) is 24.4 Å². The summed E-state index contributed by atoms with van der Waals surface area (Å²) in [6.07, 6.45) is 4.00. The van der Waals surface area contributed by atoms with Gasteiger partial charge in [0.1, 0.15) is 5.60 Å². The predicted octanol–water partition coefficient (Wildman–Crippen LogP) is 1.45. The van der Waals surface area contributed by atoms with Gasteiger partial charge in [-0.25, -0.2) is 0 Å². The van der Waals surface area contributed by atoms with Crippen molar-refractivity contribution in [3.05, 3.63) is 0 Å². The van der Waals surface area contributed by atoms with Gasteiger partial charge in [0.05, 0.1) is 0 Å². The van der Waals surface area contributed by atoms with E-state index in [1.165, 1.54) is 0 Å². The maximum Gasteiger partial charge on any atom is 0.253 e. The third kappa shape index (κ3) is 1.50. The van der Waals surface area contributed by atoms with E-state index in [-0.39, 0.29) is 0 Å². The van der Waals surface area contributed by atoms with E-state index < -0.39 is 10.8 Å². The molecule has 1 aliphatic carbocycles. The normalized spacial score (nSPS) is 24.2. The Morgan fingerprint density at radius 2 is 1.80 bits per heavy atom. The van der Waals surface area contributed by atoms with Gasteiger partial charge in [0.15, 0.2) is 0 Å². The highest BCUT2D eigenvalue weighted by molar-refractivity contribution is 6.65. The Kier molecular flexibility index (Phi) is 2.32. The molecule has 0 spiro atoms. The van der Waals surface area contributed by atoms with Gasteiger partial charge in [0.2, 0.25) is 0 Å². The Labute approximate surface area is 65.2 Å². The first kappa shape index (κ1) is 8.02. The van der Waals surface area contributed by atoms with E-state index in [2.05, 4.69) is 0 Å². The third-order valence-corrected chi connectivity index (χ3v) is 2.40. The summed E-state index contributed by atoms with van der Waals surface area (Å²) in [5, 5.41) is 8.88. The number of rotatable bonds is 1. The molecule has 0 aromatic carbocycles. The maximum atomic E-state index is 10.6. The number of halogens is 1. The van der Waals surface area contributed by atoms with Crippen LogP contribution in [0.2, 0.25) is 0 Å². The molecule has 2 nitrogen and oxygen atoms in total. The molecule has 0 radical (unpaired) electrons. The highest BCUT2D eigenvalue weighted by Crippen LogP contribution is 2.29. The molecule has 1 rings (SSSR count). The largest absolute Gasteiger partial charge is 0.381 e. The summed E-state index contributed by atoms with van der Waals surface area (Å²) < 4.78 is 0. The minimum absolute atomic E-state index is 0.537. The first-order valence-corrected chi connectivity index (χ1v) is 3.95. The summed E-state index contributed by atoms with van der Waals surface area (Å²) in [6.45, 7) is 0. The quantitative estimate of drug-likeness (QED) is 0.593. The topological polar surface area (TPSA) is 37.3 Å². The van der Waals surface area contributed by atoms with Crippen molar-refractivity contribution in [2.45, 2.75) is 37.7 Å². The molecule has 0 aromatic heterocycles. The first-order chi connectivity index (χ1) is 4.65. The second-order valence-electron chi connectivity index (χ2n) is 2.87. The van der Waals surface area contributed by atoms with Crippen molar-refractivity contribution in [2.24, 2.45) is 0 Å². The molecular weight excluding hydrogens is 152 g/mol. The van der Waals surface area contributed by atoms with Crippen LogP contribution in [0, 0.1) is 0 Å². The molecule has 1 saturated carbocycles. The Morgan fingerprint density at radius 3 is 2.10 bits per heavy atom. The van der Waals surface area contributed by atoms with Crippen molar-refractivity contribution < 1.29 is 9.90 Å². The SMILES string of the molecule is O=C(Cl)C1(O)CCCCC1. The van der Waals surface area contributed by atoms with E-state index in [1.807, 2.05) is 0 Å². The van der Waals surface area contributed by atoms with Gasteiger partial charge in [-0.15, -0.1) is 0 Å². The molecule has 0 bridgehead atoms. The smallest absolute Gasteiger partial charge is 0.253 e. The van der Waals surface area contributed by atoms with E-state index in [0.29, 0.717) is 12.8 Å². The molecule has 0 aliphatic heterocycles. The zero-order valence-electron chi connectivity index (χ0n) is 5.77. The molecule has 58 valence electrons. The van der Waals surface area contributed by atoms with Gasteiger partial charge < -0.3 is 5.11 Å². The van der Waals surface area contributed by atoms with Crippen molar-refractivity contribution in [1.82, 2.24) is 0 Å². The second-order valence-corrected chi connectivity index (χ2v) is 3.21. The summed E-state index contributed by atoms with van der Waals surface area (Å²) >= 11 is 5.21. The number of carbonyl (C=O) groups excluding carboxylic acids is 1. The molecule has 10 heavy (non-hydrogen) atoms. The molecule has 3 heteroatoms. The van der Waals surface area contributed by atoms with Gasteiger partial charge in [-0.2, -0.15) is 0 Å². The summed E-state index contributed by atoms with van der Waals surface area (Å²) in [7, 11) is 0. The van der Waals surface area contributed by atoms with E-state index in [4.69, 9.17) is 11.6 Å². The maximum absolute atomic E-state index is 10.6. The average Bonchev–Trinajstić information content (AvgIpc) is 1.89. The fourth-order valence-corrected chi connectivity index (χ4v) is 1.52. The average molecular weight is 163 g/mol. The standard InChI is InChI=1S/C7H11ClO2/c8-6(9)7(10)4-2-1-3-5-7/h10H,1-5H2. The molecule has 1 aliphatic rings. The number of hydrogen-bond donors (Lipinski definition) is 1. The lowest BCUT2D eigenvalue weighted by molar-refractivity contribution is -0.131. The molecule has 0 amide bonds. The first-order valence-electron chi connectivity index (χ1n) is 3.57. The predicted molar refractivity (Wildman–Crippen MR) is 38.9 cm³/mol. The van der Waals surface area contributed by atoms with Gasteiger partial charge in [-0.1, -0.05) is 19.3 Å². The van der Waals surface area contributed by atoms with Gasteiger partial charge in [0, 0.05) is 0 Å². The van der Waals surface area contributed by atoms with E-state index in [0.717, 1.165) is 19.3 Å². The van der Waals surface area contributed by atoms with Crippen LogP contribution in [-0.4, -0.2) is 16.0 Å². The number of hydrogen-bond acceptors (Lipinski definition) is 2. The van der Waals surface area contributed by atoms with Crippen LogP contribution in [0.25, 0.3) is 0 Å². The lowest BCUT2D eigenvalue weighted by atomic mass is 9.86. The lowest BCUT2D eigenvalue weighted by Gasteiger charge is -2.27. The molecule has 0 heterocycles. The summed E-state index contributed by atoms with van der Waals surface area (Å²) in [5.41, 5.74) is -1.19. The molecule has 0 atom stereocenters. The van der Waals surface area contributed by atoms with Crippen LogP contribution < -0.4 is 0 Å². The fourth-order valence-electron chi connectivity index (χ4n) is 1.33. The molecular formula is C7H11ClO2. The molecule has 0 aromatic rings. The van der Waals surface area contributed by atoms with Crippen LogP contribution in [0.4, 0.5) is 0 Å². The van der Waals surface area contributed by atoms with Crippen LogP contribution in [-0.2, 0) is 4.79 Å². The third-order valence-electron chi connectivity index (χ3n) is 2.05. The highest BCUT2D eigenvalue weighted by Gasteiger charge is 2.35. The minimum Gasteiger partial charge on any atom is -0.381 e. The van der Waals surface area contributed by atoms with Crippen LogP contribution >= 0.6 is 11.6 Å². The fraction of sp³-hybridized carbons (Fsp3) is 0.857. The highest BCUT2D eigenvalue weighted by atomic mass is 35.5. The van der Waals surface area contributed by atoms with Gasteiger partial charge in [0.25, 0.3) is 5.24 Å². The zero-order valence-corrected chi connectivity index (χ0v) is 6.52. The van der Waals surface area contributed by atoms with E-state index in [1.54, 1.807) is 0 Å². The molecule has 0 saturated heterocycles. The summed E-state index contributed by atoms with van der Waals surface area (Å²) in [5.74, 6) is 0. The monoisotopic (exact) mass is 162 g/mol. The number of carbonyl (C=O) groups is 1. The summed E-state index contributed by atoms with van der Waals surface area (Å²) in [6, 6.07) is 0. The van der Waals surface area contributed by atoms with Crippen LogP contribution in [0.5, 0.6) is 0 Å². The van der Waals surface area contributed by atoms with Crippen molar-refractivity contribution >= 4 is 16.8 Å². The van der Waals surface area contributed by atoms with E-state index in [9.17, 15) is 9.90 Å².